The molecule has 2 aromatic carbocycles. The zero-order chi connectivity index (χ0) is 22.3. The van der Waals surface area contributed by atoms with Gasteiger partial charge in [0.15, 0.2) is 12.7 Å². The fourth-order valence-corrected chi connectivity index (χ4v) is 2.82. The second kappa shape index (κ2) is 10.6. The third-order valence-corrected chi connectivity index (χ3v) is 4.26. The number of hydrogen-bond acceptors (Lipinski definition) is 5. The van der Waals surface area contributed by atoms with Crippen LogP contribution >= 0.6 is 0 Å². The fraction of sp³-hybridized carbons (Fsp3) is 0.364. The standard InChI is InChI=1S/C22H25F2NO5/c1-13(2)17-10-9-16(11-14(17)3)28-12-20(26)29-15(4)21(27)25-18-7-5-6-8-19(18)30-22(23)24/h5-11,13,15,22H,12H2,1-4H3,(H,25,27)/t15-/m1/s1. The number of nitrogens with one attached hydrogen (secondary N) is 1. The van der Waals surface area contributed by atoms with Crippen LogP contribution < -0.4 is 14.8 Å². The Balaban J connectivity index is 1.88. The molecule has 6 nitrogen and oxygen atoms in total. The van der Waals surface area contributed by atoms with Crippen LogP contribution in [0.2, 0.25) is 0 Å². The summed E-state index contributed by atoms with van der Waals surface area (Å²) in [5, 5.41) is 2.40. The van der Waals surface area contributed by atoms with E-state index in [1.807, 2.05) is 19.1 Å². The molecule has 0 fully saturated rings. The van der Waals surface area contributed by atoms with Gasteiger partial charge >= 0.3 is 12.6 Å². The van der Waals surface area contributed by atoms with Crippen molar-refractivity contribution < 1.29 is 32.6 Å². The molecule has 0 saturated carbocycles. The number of halogens is 2. The van der Waals surface area contributed by atoms with Crippen molar-refractivity contribution in [2.45, 2.75) is 46.3 Å². The summed E-state index contributed by atoms with van der Waals surface area (Å²) >= 11 is 0. The molecule has 2 rings (SSSR count). The minimum Gasteiger partial charge on any atom is -0.482 e. The van der Waals surface area contributed by atoms with Gasteiger partial charge in [0.25, 0.3) is 5.91 Å². The molecule has 1 N–H and O–H groups in total. The van der Waals surface area contributed by atoms with E-state index in [1.165, 1.54) is 30.7 Å². The number of esters is 1. The van der Waals surface area contributed by atoms with E-state index in [9.17, 15) is 18.4 Å². The zero-order valence-corrected chi connectivity index (χ0v) is 17.3. The van der Waals surface area contributed by atoms with Crippen LogP contribution in [0.4, 0.5) is 14.5 Å². The summed E-state index contributed by atoms with van der Waals surface area (Å²) in [6, 6.07) is 11.3. The SMILES string of the molecule is Cc1cc(OCC(=O)O[C@H](C)C(=O)Nc2ccccc2OC(F)F)ccc1C(C)C. The maximum Gasteiger partial charge on any atom is 0.387 e. The Hall–Kier alpha value is -3.16. The maximum absolute atomic E-state index is 12.5. The molecule has 0 aromatic heterocycles. The monoisotopic (exact) mass is 421 g/mol. The Labute approximate surface area is 174 Å². The summed E-state index contributed by atoms with van der Waals surface area (Å²) in [5.74, 6) is -0.724. The summed E-state index contributed by atoms with van der Waals surface area (Å²) < 4.78 is 39.8. The van der Waals surface area contributed by atoms with Crippen LogP contribution in [0.5, 0.6) is 11.5 Å². The number of alkyl halides is 2. The quantitative estimate of drug-likeness (QED) is 0.596. The summed E-state index contributed by atoms with van der Waals surface area (Å²) in [6.45, 7) is 4.10. The molecule has 0 radical (unpaired) electrons. The van der Waals surface area contributed by atoms with Gasteiger partial charge in [-0.2, -0.15) is 8.78 Å². The number of anilines is 1. The van der Waals surface area contributed by atoms with Gasteiger partial charge in [-0.15, -0.1) is 0 Å². The van der Waals surface area contributed by atoms with E-state index >= 15 is 0 Å². The second-order valence-electron chi connectivity index (χ2n) is 6.96. The van der Waals surface area contributed by atoms with E-state index in [0.29, 0.717) is 11.7 Å². The molecule has 0 aliphatic rings. The Kier molecular flexibility index (Phi) is 8.15. The van der Waals surface area contributed by atoms with Gasteiger partial charge in [-0.1, -0.05) is 32.0 Å². The normalized spacial score (nSPS) is 11.9. The summed E-state index contributed by atoms with van der Waals surface area (Å²) in [7, 11) is 0. The number of carbonyl (C=O) groups is 2. The minimum atomic E-state index is -3.03. The van der Waals surface area contributed by atoms with Crippen LogP contribution in [0.3, 0.4) is 0 Å². The smallest absolute Gasteiger partial charge is 0.387 e. The number of rotatable bonds is 9. The summed E-state index contributed by atoms with van der Waals surface area (Å²) in [6.07, 6.45) is -1.16. The minimum absolute atomic E-state index is 0.0441. The van der Waals surface area contributed by atoms with Gasteiger partial charge in [0.05, 0.1) is 5.69 Å². The number of hydrogen-bond donors (Lipinski definition) is 1. The van der Waals surface area contributed by atoms with Gasteiger partial charge in [0.2, 0.25) is 0 Å². The van der Waals surface area contributed by atoms with Crippen molar-refractivity contribution in [3.8, 4) is 11.5 Å². The highest BCUT2D eigenvalue weighted by molar-refractivity contribution is 5.96. The van der Waals surface area contributed by atoms with Crippen molar-refractivity contribution in [2.75, 3.05) is 11.9 Å². The number of benzene rings is 2. The van der Waals surface area contributed by atoms with Crippen molar-refractivity contribution in [1.82, 2.24) is 0 Å². The fourth-order valence-electron chi connectivity index (χ4n) is 2.82. The summed E-state index contributed by atoms with van der Waals surface area (Å²) in [4.78, 5) is 24.2. The third-order valence-electron chi connectivity index (χ3n) is 4.26. The molecular weight excluding hydrogens is 396 g/mol. The van der Waals surface area contributed by atoms with Crippen molar-refractivity contribution in [2.24, 2.45) is 0 Å². The van der Waals surface area contributed by atoms with Crippen LogP contribution in [0, 0.1) is 6.92 Å². The van der Waals surface area contributed by atoms with Crippen LogP contribution in [-0.4, -0.2) is 31.2 Å². The number of aryl methyl sites for hydroxylation is 1. The third kappa shape index (κ3) is 6.72. The average Bonchev–Trinajstić information content (AvgIpc) is 2.67. The first-order valence-electron chi connectivity index (χ1n) is 9.45. The first kappa shape index (κ1) is 23.1. The van der Waals surface area contributed by atoms with E-state index in [1.54, 1.807) is 12.1 Å². The van der Waals surface area contributed by atoms with Crippen molar-refractivity contribution >= 4 is 17.6 Å². The number of amides is 1. The van der Waals surface area contributed by atoms with E-state index in [-0.39, 0.29) is 18.0 Å². The van der Waals surface area contributed by atoms with Gasteiger partial charge in [-0.25, -0.2) is 4.79 Å². The van der Waals surface area contributed by atoms with Gasteiger partial charge < -0.3 is 19.5 Å². The van der Waals surface area contributed by atoms with E-state index in [4.69, 9.17) is 9.47 Å². The zero-order valence-electron chi connectivity index (χ0n) is 17.3. The number of ether oxygens (including phenoxy) is 3. The molecule has 0 aliphatic heterocycles. The Morgan fingerprint density at radius 1 is 1.07 bits per heavy atom. The lowest BCUT2D eigenvalue weighted by Gasteiger charge is -2.16. The Morgan fingerprint density at radius 3 is 2.40 bits per heavy atom. The van der Waals surface area contributed by atoms with Crippen LogP contribution in [0.25, 0.3) is 0 Å². The molecule has 1 atom stereocenters. The van der Waals surface area contributed by atoms with Crippen molar-refractivity contribution in [3.05, 3.63) is 53.6 Å². The predicted molar refractivity (Wildman–Crippen MR) is 108 cm³/mol. The molecule has 0 spiro atoms. The largest absolute Gasteiger partial charge is 0.482 e. The number of para-hydroxylation sites is 2. The average molecular weight is 421 g/mol. The van der Waals surface area contributed by atoms with E-state index in [2.05, 4.69) is 23.9 Å². The van der Waals surface area contributed by atoms with Crippen LogP contribution in [0.15, 0.2) is 42.5 Å². The van der Waals surface area contributed by atoms with Crippen molar-refractivity contribution in [3.63, 3.8) is 0 Å². The lowest BCUT2D eigenvalue weighted by Crippen LogP contribution is -2.31. The first-order valence-corrected chi connectivity index (χ1v) is 9.45. The lowest BCUT2D eigenvalue weighted by molar-refractivity contribution is -0.155. The van der Waals surface area contributed by atoms with E-state index < -0.39 is 24.6 Å². The maximum atomic E-state index is 12.5. The second-order valence-corrected chi connectivity index (χ2v) is 6.96. The highest BCUT2D eigenvalue weighted by atomic mass is 19.3. The molecule has 0 bridgehead atoms. The van der Waals surface area contributed by atoms with Crippen LogP contribution in [0.1, 0.15) is 37.8 Å². The molecule has 0 saturated heterocycles. The molecule has 8 heteroatoms. The number of carbonyl (C=O) groups excluding carboxylic acids is 2. The molecule has 1 amide bonds. The molecule has 30 heavy (non-hydrogen) atoms. The Morgan fingerprint density at radius 2 is 1.77 bits per heavy atom. The van der Waals surface area contributed by atoms with Gasteiger partial charge in [-0.05, 0) is 55.2 Å². The topological polar surface area (TPSA) is 73.9 Å². The van der Waals surface area contributed by atoms with Crippen molar-refractivity contribution in [1.29, 1.82) is 0 Å². The molecule has 0 unspecified atom stereocenters. The molecule has 2 aromatic rings. The van der Waals surface area contributed by atoms with Crippen LogP contribution in [-0.2, 0) is 14.3 Å². The summed E-state index contributed by atoms with van der Waals surface area (Å²) in [5.41, 5.74) is 2.28. The molecule has 0 heterocycles. The highest BCUT2D eigenvalue weighted by Gasteiger charge is 2.20. The van der Waals surface area contributed by atoms with Gasteiger partial charge in [-0.3, -0.25) is 4.79 Å². The Bertz CT molecular complexity index is 886. The molecule has 0 aliphatic carbocycles. The van der Waals surface area contributed by atoms with Gasteiger partial charge in [0, 0.05) is 0 Å². The first-order chi connectivity index (χ1) is 14.2. The highest BCUT2D eigenvalue weighted by Crippen LogP contribution is 2.26. The predicted octanol–water partition coefficient (Wildman–Crippen LogP) is 4.67. The van der Waals surface area contributed by atoms with Gasteiger partial charge in [0.1, 0.15) is 11.5 Å². The lowest BCUT2D eigenvalue weighted by atomic mass is 9.98. The van der Waals surface area contributed by atoms with E-state index in [0.717, 1.165) is 5.56 Å². The molecule has 162 valence electrons. The molecular formula is C22H25F2NO5.